The lowest BCUT2D eigenvalue weighted by Gasteiger charge is -2.08. The molecule has 5 heteroatoms. The Hall–Kier alpha value is -1.46. The highest BCUT2D eigenvalue weighted by Gasteiger charge is 2.10. The van der Waals surface area contributed by atoms with E-state index >= 15 is 0 Å². The number of nitrogens with one attached hydrogen (secondary N) is 1. The molecule has 1 heterocycles. The van der Waals surface area contributed by atoms with Crippen LogP contribution in [0.1, 0.15) is 5.56 Å². The van der Waals surface area contributed by atoms with E-state index in [4.69, 9.17) is 10.8 Å². The van der Waals surface area contributed by atoms with E-state index in [1.54, 1.807) is 18.5 Å². The van der Waals surface area contributed by atoms with Gasteiger partial charge in [-0.15, -0.1) is 0 Å². The molecule has 1 amide bonds. The van der Waals surface area contributed by atoms with E-state index < -0.39 is 6.04 Å². The summed E-state index contributed by atoms with van der Waals surface area (Å²) in [5.74, 6) is -0.364. The van der Waals surface area contributed by atoms with Gasteiger partial charge >= 0.3 is 0 Å². The van der Waals surface area contributed by atoms with Crippen LogP contribution in [0.2, 0.25) is 0 Å². The highest BCUT2D eigenvalue weighted by Crippen LogP contribution is 1.94. The average Bonchev–Trinajstić information content (AvgIpc) is 2.26. The van der Waals surface area contributed by atoms with Gasteiger partial charge < -0.3 is 16.2 Å². The number of amides is 1. The summed E-state index contributed by atoms with van der Waals surface area (Å²) in [6.45, 7) is 0.0270. The Bertz CT molecular complexity index is 289. The maximum atomic E-state index is 11.1. The first-order valence-electron chi connectivity index (χ1n) is 4.27. The lowest BCUT2D eigenvalue weighted by atomic mass is 10.2. The Balaban J connectivity index is 2.38. The van der Waals surface area contributed by atoms with Crippen LogP contribution in [0.3, 0.4) is 0 Å². The summed E-state index contributed by atoms with van der Waals surface area (Å²) in [6, 6.07) is 2.78. The standard InChI is InChI=1S/C9H13N3O2/c10-8(6-13)9(14)12-5-7-2-1-3-11-4-7/h1-4,8,13H,5-6,10H2,(H,12,14). The quantitative estimate of drug-likeness (QED) is 0.576. The molecule has 1 aromatic rings. The summed E-state index contributed by atoms with van der Waals surface area (Å²) in [5, 5.41) is 11.2. The minimum Gasteiger partial charge on any atom is -0.394 e. The summed E-state index contributed by atoms with van der Waals surface area (Å²) in [5.41, 5.74) is 6.20. The second-order valence-electron chi connectivity index (χ2n) is 2.87. The number of nitrogens with two attached hydrogens (primary N) is 1. The molecule has 5 nitrogen and oxygen atoms in total. The maximum Gasteiger partial charge on any atom is 0.239 e. The maximum absolute atomic E-state index is 11.1. The molecule has 0 aliphatic carbocycles. The van der Waals surface area contributed by atoms with Gasteiger partial charge in [-0.2, -0.15) is 0 Å². The molecular weight excluding hydrogens is 182 g/mol. The summed E-state index contributed by atoms with van der Waals surface area (Å²) in [6.07, 6.45) is 3.32. The number of hydrogen-bond donors (Lipinski definition) is 3. The van der Waals surface area contributed by atoms with Crippen molar-refractivity contribution in [1.29, 1.82) is 0 Å². The molecule has 0 bridgehead atoms. The van der Waals surface area contributed by atoms with E-state index in [-0.39, 0.29) is 12.5 Å². The number of hydrogen-bond acceptors (Lipinski definition) is 4. The molecule has 0 aliphatic rings. The van der Waals surface area contributed by atoms with E-state index in [0.717, 1.165) is 5.56 Å². The summed E-state index contributed by atoms with van der Waals surface area (Å²) < 4.78 is 0. The van der Waals surface area contributed by atoms with Gasteiger partial charge in [-0.05, 0) is 11.6 Å². The van der Waals surface area contributed by atoms with E-state index in [1.807, 2.05) is 6.07 Å². The number of aromatic nitrogens is 1. The lowest BCUT2D eigenvalue weighted by Crippen LogP contribution is -2.42. The van der Waals surface area contributed by atoms with Gasteiger partial charge in [0.15, 0.2) is 0 Å². The van der Waals surface area contributed by atoms with Crippen molar-refractivity contribution in [2.75, 3.05) is 6.61 Å². The molecule has 1 rings (SSSR count). The molecule has 1 aromatic heterocycles. The molecule has 0 aliphatic heterocycles. The second-order valence-corrected chi connectivity index (χ2v) is 2.87. The fraction of sp³-hybridized carbons (Fsp3) is 0.333. The van der Waals surface area contributed by atoms with Crippen LogP contribution in [0.4, 0.5) is 0 Å². The molecule has 4 N–H and O–H groups in total. The number of aliphatic hydroxyl groups excluding tert-OH is 1. The number of carbonyl (C=O) groups is 1. The van der Waals surface area contributed by atoms with Crippen LogP contribution in [0.5, 0.6) is 0 Å². The molecule has 0 aromatic carbocycles. The first-order chi connectivity index (χ1) is 6.74. The second kappa shape index (κ2) is 5.31. The van der Waals surface area contributed by atoms with Crippen LogP contribution in [0, 0.1) is 0 Å². The van der Waals surface area contributed by atoms with Gasteiger partial charge in [0.25, 0.3) is 0 Å². The van der Waals surface area contributed by atoms with E-state index in [9.17, 15) is 4.79 Å². The number of carbonyl (C=O) groups excluding carboxylic acids is 1. The van der Waals surface area contributed by atoms with E-state index in [0.29, 0.717) is 6.54 Å². The van der Waals surface area contributed by atoms with Crippen LogP contribution in [0.25, 0.3) is 0 Å². The zero-order valence-electron chi connectivity index (χ0n) is 7.68. The molecule has 0 spiro atoms. The Morgan fingerprint density at radius 1 is 1.71 bits per heavy atom. The zero-order valence-corrected chi connectivity index (χ0v) is 7.68. The van der Waals surface area contributed by atoms with Crippen LogP contribution >= 0.6 is 0 Å². The van der Waals surface area contributed by atoms with E-state index in [1.165, 1.54) is 0 Å². The predicted molar refractivity (Wildman–Crippen MR) is 51.1 cm³/mol. The number of pyridine rings is 1. The molecule has 1 unspecified atom stereocenters. The van der Waals surface area contributed by atoms with Gasteiger partial charge in [-0.1, -0.05) is 6.07 Å². The summed E-state index contributed by atoms with van der Waals surface area (Å²) in [7, 11) is 0. The van der Waals surface area contributed by atoms with Crippen LogP contribution in [-0.2, 0) is 11.3 Å². The third-order valence-electron chi connectivity index (χ3n) is 1.72. The van der Waals surface area contributed by atoms with Gasteiger partial charge in [-0.25, -0.2) is 0 Å². The van der Waals surface area contributed by atoms with Gasteiger partial charge in [-0.3, -0.25) is 9.78 Å². The Morgan fingerprint density at radius 3 is 3.07 bits per heavy atom. The Kier molecular flexibility index (Phi) is 4.03. The normalized spacial score (nSPS) is 12.1. The first kappa shape index (κ1) is 10.6. The van der Waals surface area contributed by atoms with Gasteiger partial charge in [0, 0.05) is 18.9 Å². The smallest absolute Gasteiger partial charge is 0.239 e. The Labute approximate surface area is 82.0 Å². The van der Waals surface area contributed by atoms with Crippen molar-refractivity contribution in [3.05, 3.63) is 30.1 Å². The number of aliphatic hydroxyl groups is 1. The topological polar surface area (TPSA) is 88.2 Å². The average molecular weight is 195 g/mol. The van der Waals surface area contributed by atoms with E-state index in [2.05, 4.69) is 10.3 Å². The largest absolute Gasteiger partial charge is 0.394 e. The first-order valence-corrected chi connectivity index (χ1v) is 4.27. The molecule has 0 saturated carbocycles. The summed E-state index contributed by atoms with van der Waals surface area (Å²) >= 11 is 0. The minimum atomic E-state index is -0.855. The molecule has 0 fully saturated rings. The predicted octanol–water partition coefficient (Wildman–Crippen LogP) is -0.983. The fourth-order valence-electron chi connectivity index (χ4n) is 0.906. The SMILES string of the molecule is NC(CO)C(=O)NCc1cccnc1. The minimum absolute atomic E-state index is 0.348. The molecule has 14 heavy (non-hydrogen) atoms. The summed E-state index contributed by atoms with van der Waals surface area (Å²) in [4.78, 5) is 15.0. The Morgan fingerprint density at radius 2 is 2.50 bits per heavy atom. The van der Waals surface area contributed by atoms with Crippen LogP contribution in [-0.4, -0.2) is 28.6 Å². The van der Waals surface area contributed by atoms with Crippen molar-refractivity contribution in [2.24, 2.45) is 5.73 Å². The van der Waals surface area contributed by atoms with Crippen LogP contribution in [0.15, 0.2) is 24.5 Å². The van der Waals surface area contributed by atoms with Crippen LogP contribution < -0.4 is 11.1 Å². The molecule has 0 saturated heterocycles. The zero-order chi connectivity index (χ0) is 10.4. The monoisotopic (exact) mass is 195 g/mol. The molecular formula is C9H13N3O2. The number of nitrogens with zero attached hydrogens (tertiary/aromatic N) is 1. The van der Waals surface area contributed by atoms with Crippen molar-refractivity contribution >= 4 is 5.91 Å². The highest BCUT2D eigenvalue weighted by molar-refractivity contribution is 5.81. The van der Waals surface area contributed by atoms with Crippen molar-refractivity contribution in [2.45, 2.75) is 12.6 Å². The third kappa shape index (κ3) is 3.12. The number of rotatable bonds is 4. The lowest BCUT2D eigenvalue weighted by molar-refractivity contribution is -0.123. The third-order valence-corrected chi connectivity index (χ3v) is 1.72. The van der Waals surface area contributed by atoms with Gasteiger partial charge in [0.1, 0.15) is 6.04 Å². The van der Waals surface area contributed by atoms with Crippen molar-refractivity contribution in [1.82, 2.24) is 10.3 Å². The van der Waals surface area contributed by atoms with Crippen molar-refractivity contribution in [3.63, 3.8) is 0 Å². The highest BCUT2D eigenvalue weighted by atomic mass is 16.3. The molecule has 76 valence electrons. The molecule has 0 radical (unpaired) electrons. The van der Waals surface area contributed by atoms with Crippen molar-refractivity contribution in [3.8, 4) is 0 Å². The van der Waals surface area contributed by atoms with Crippen molar-refractivity contribution < 1.29 is 9.90 Å². The van der Waals surface area contributed by atoms with Gasteiger partial charge in [0.2, 0.25) is 5.91 Å². The fourth-order valence-corrected chi connectivity index (χ4v) is 0.906. The van der Waals surface area contributed by atoms with Gasteiger partial charge in [0.05, 0.1) is 6.61 Å². The molecule has 1 atom stereocenters.